The number of rotatable bonds is 3. The number of pyridine rings is 1. The highest BCUT2D eigenvalue weighted by atomic mass is 32.1. The summed E-state index contributed by atoms with van der Waals surface area (Å²) in [5, 5.41) is 2.95. The van der Waals surface area contributed by atoms with Crippen LogP contribution in [0.15, 0.2) is 24.8 Å². The highest BCUT2D eigenvalue weighted by Gasteiger charge is 2.33. The zero-order chi connectivity index (χ0) is 15.8. The smallest absolute Gasteiger partial charge is 0.397 e. The molecule has 8 heteroatoms. The average molecular weight is 315 g/mol. The summed E-state index contributed by atoms with van der Waals surface area (Å²) in [4.78, 5) is 15.8. The molecule has 0 bridgehead atoms. The molecule has 0 aromatic carbocycles. The molecule has 21 heavy (non-hydrogen) atoms. The normalized spacial score (nSPS) is 13.1. The third-order valence-corrected chi connectivity index (χ3v) is 3.92. The van der Waals surface area contributed by atoms with Crippen molar-refractivity contribution in [1.82, 2.24) is 10.3 Å². The molecule has 1 unspecified atom stereocenters. The number of nitrogen functional groups attached to an aromatic ring is 1. The van der Waals surface area contributed by atoms with Gasteiger partial charge in [-0.3, -0.25) is 4.79 Å². The van der Waals surface area contributed by atoms with Crippen molar-refractivity contribution >= 4 is 33.1 Å². The molecule has 2 aromatic rings. The fraction of sp³-hybridized carbons (Fsp3) is 0.231. The Bertz CT molecular complexity index is 708. The van der Waals surface area contributed by atoms with Crippen LogP contribution in [0, 0.1) is 0 Å². The first-order valence-corrected chi connectivity index (χ1v) is 6.75. The van der Waals surface area contributed by atoms with E-state index in [1.165, 1.54) is 12.1 Å². The van der Waals surface area contributed by atoms with Crippen LogP contribution in [0.2, 0.25) is 0 Å². The van der Waals surface area contributed by atoms with E-state index in [1.807, 2.05) is 0 Å². The van der Waals surface area contributed by atoms with Crippen LogP contribution in [-0.2, 0) is 6.18 Å². The number of aromatic nitrogens is 1. The summed E-state index contributed by atoms with van der Waals surface area (Å²) < 4.78 is 37.9. The van der Waals surface area contributed by atoms with Crippen LogP contribution in [0.3, 0.4) is 0 Å². The van der Waals surface area contributed by atoms with Gasteiger partial charge in [0.2, 0.25) is 0 Å². The number of nitrogens with one attached hydrogen (secondary N) is 1. The maximum atomic E-state index is 12.6. The van der Waals surface area contributed by atoms with Gasteiger partial charge in [-0.1, -0.05) is 6.08 Å². The Morgan fingerprint density at radius 3 is 2.76 bits per heavy atom. The lowest BCUT2D eigenvalue weighted by Gasteiger charge is -2.07. The number of alkyl halides is 3. The molecular weight excluding hydrogens is 303 g/mol. The Labute approximate surface area is 122 Å². The van der Waals surface area contributed by atoms with Crippen molar-refractivity contribution in [2.75, 3.05) is 5.73 Å². The van der Waals surface area contributed by atoms with Gasteiger partial charge in [0.1, 0.15) is 15.4 Å². The average Bonchev–Trinajstić information content (AvgIpc) is 2.74. The van der Waals surface area contributed by atoms with Crippen molar-refractivity contribution in [2.45, 2.75) is 19.1 Å². The molecule has 0 aliphatic rings. The first-order chi connectivity index (χ1) is 9.74. The van der Waals surface area contributed by atoms with Crippen LogP contribution in [-0.4, -0.2) is 16.9 Å². The number of halogens is 3. The summed E-state index contributed by atoms with van der Waals surface area (Å²) in [6, 6.07) is 1.80. The van der Waals surface area contributed by atoms with Gasteiger partial charge in [0, 0.05) is 11.4 Å². The minimum atomic E-state index is -4.54. The number of anilines is 1. The predicted octanol–water partition coefficient (Wildman–Crippen LogP) is 3.20. The Morgan fingerprint density at radius 2 is 2.19 bits per heavy atom. The van der Waals surface area contributed by atoms with Gasteiger partial charge in [-0.15, -0.1) is 17.9 Å². The number of thiophene rings is 1. The molecule has 112 valence electrons. The summed E-state index contributed by atoms with van der Waals surface area (Å²) >= 11 is 0.832. The molecule has 1 amide bonds. The topological polar surface area (TPSA) is 68.0 Å². The first-order valence-electron chi connectivity index (χ1n) is 5.93. The second-order valence-corrected chi connectivity index (χ2v) is 5.39. The number of amides is 1. The van der Waals surface area contributed by atoms with Gasteiger partial charge >= 0.3 is 6.18 Å². The number of hydrogen-bond donors (Lipinski definition) is 2. The second kappa shape index (κ2) is 5.36. The maximum absolute atomic E-state index is 12.6. The van der Waals surface area contributed by atoms with Crippen molar-refractivity contribution in [3.05, 3.63) is 35.4 Å². The molecule has 2 rings (SSSR count). The van der Waals surface area contributed by atoms with Gasteiger partial charge in [-0.25, -0.2) is 4.98 Å². The molecule has 2 heterocycles. The minimum Gasteiger partial charge on any atom is -0.397 e. The molecule has 0 spiro atoms. The van der Waals surface area contributed by atoms with Crippen molar-refractivity contribution in [1.29, 1.82) is 0 Å². The zero-order valence-corrected chi connectivity index (χ0v) is 11.8. The van der Waals surface area contributed by atoms with Gasteiger partial charge in [0.05, 0.1) is 5.69 Å². The van der Waals surface area contributed by atoms with Gasteiger partial charge < -0.3 is 11.1 Å². The van der Waals surface area contributed by atoms with Crippen LogP contribution in [0.25, 0.3) is 10.2 Å². The van der Waals surface area contributed by atoms with Crippen molar-refractivity contribution in [3.63, 3.8) is 0 Å². The molecule has 2 aromatic heterocycles. The first kappa shape index (κ1) is 15.3. The lowest BCUT2D eigenvalue weighted by atomic mass is 10.2. The quantitative estimate of drug-likeness (QED) is 0.855. The summed E-state index contributed by atoms with van der Waals surface area (Å²) in [6.45, 7) is 5.25. The molecule has 3 N–H and O–H groups in total. The third kappa shape index (κ3) is 2.99. The van der Waals surface area contributed by atoms with E-state index >= 15 is 0 Å². The van der Waals surface area contributed by atoms with E-state index in [2.05, 4.69) is 16.9 Å². The molecule has 0 fully saturated rings. The van der Waals surface area contributed by atoms with E-state index in [1.54, 1.807) is 6.92 Å². The molecule has 0 aliphatic heterocycles. The monoisotopic (exact) mass is 315 g/mol. The summed E-state index contributed by atoms with van der Waals surface area (Å²) in [5.41, 5.74) is 4.94. The molecule has 1 atom stereocenters. The maximum Gasteiger partial charge on any atom is 0.433 e. The van der Waals surface area contributed by atoms with Crippen LogP contribution >= 0.6 is 11.3 Å². The SMILES string of the molecule is C=CC(C)NC(=O)c1sc2nc(C(F)(F)F)ccc2c1N. The van der Waals surface area contributed by atoms with Crippen molar-refractivity contribution in [2.24, 2.45) is 0 Å². The van der Waals surface area contributed by atoms with E-state index in [0.29, 0.717) is 5.39 Å². The molecule has 0 radical (unpaired) electrons. The van der Waals surface area contributed by atoms with E-state index in [0.717, 1.165) is 17.4 Å². The fourth-order valence-corrected chi connectivity index (χ4v) is 2.65. The number of nitrogens with two attached hydrogens (primary N) is 1. The number of carbonyl (C=O) groups excluding carboxylic acids is 1. The Hall–Kier alpha value is -2.09. The zero-order valence-electron chi connectivity index (χ0n) is 11.0. The lowest BCUT2D eigenvalue weighted by Crippen LogP contribution is -2.30. The number of carbonyl (C=O) groups is 1. The lowest BCUT2D eigenvalue weighted by molar-refractivity contribution is -0.140. The van der Waals surface area contributed by atoms with E-state index in [4.69, 9.17) is 5.73 Å². The Morgan fingerprint density at radius 1 is 1.52 bits per heavy atom. The largest absolute Gasteiger partial charge is 0.433 e. The highest BCUT2D eigenvalue weighted by molar-refractivity contribution is 7.21. The van der Waals surface area contributed by atoms with Crippen LogP contribution in [0.1, 0.15) is 22.3 Å². The van der Waals surface area contributed by atoms with Crippen LogP contribution in [0.4, 0.5) is 18.9 Å². The summed E-state index contributed by atoms with van der Waals surface area (Å²) in [5.74, 6) is -0.462. The van der Waals surface area contributed by atoms with Gasteiger partial charge in [0.15, 0.2) is 0 Å². The van der Waals surface area contributed by atoms with Crippen molar-refractivity contribution < 1.29 is 18.0 Å². The standard InChI is InChI=1S/C13H12F3N3OS/c1-3-6(2)18-11(20)10-9(17)7-4-5-8(13(14,15)16)19-12(7)21-10/h3-6H,1,17H2,2H3,(H,18,20). The van der Waals surface area contributed by atoms with E-state index in [9.17, 15) is 18.0 Å². The minimum absolute atomic E-state index is 0.0822. The predicted molar refractivity (Wildman–Crippen MR) is 76.2 cm³/mol. The summed E-state index contributed by atoms with van der Waals surface area (Å²) in [6.07, 6.45) is -3.01. The Kier molecular flexibility index (Phi) is 3.91. The van der Waals surface area contributed by atoms with Gasteiger partial charge in [-0.05, 0) is 19.1 Å². The number of nitrogens with zero attached hydrogens (tertiary/aromatic N) is 1. The molecule has 0 saturated heterocycles. The molecule has 0 aliphatic carbocycles. The number of fused-ring (bicyclic) bond motifs is 1. The molecule has 4 nitrogen and oxygen atoms in total. The van der Waals surface area contributed by atoms with E-state index < -0.39 is 17.8 Å². The van der Waals surface area contributed by atoms with Crippen LogP contribution < -0.4 is 11.1 Å². The highest BCUT2D eigenvalue weighted by Crippen LogP contribution is 2.35. The van der Waals surface area contributed by atoms with Gasteiger partial charge in [-0.2, -0.15) is 13.2 Å². The third-order valence-electron chi connectivity index (χ3n) is 2.80. The second-order valence-electron chi connectivity index (χ2n) is 4.39. The molecular formula is C13H12F3N3OS. The van der Waals surface area contributed by atoms with E-state index in [-0.39, 0.29) is 21.4 Å². The van der Waals surface area contributed by atoms with Crippen LogP contribution in [0.5, 0.6) is 0 Å². The molecule has 0 saturated carbocycles. The number of hydrogen-bond acceptors (Lipinski definition) is 4. The fourth-order valence-electron chi connectivity index (χ4n) is 1.65. The summed E-state index contributed by atoms with van der Waals surface area (Å²) in [7, 11) is 0. The Balaban J connectivity index is 2.45. The van der Waals surface area contributed by atoms with Gasteiger partial charge in [0.25, 0.3) is 5.91 Å². The van der Waals surface area contributed by atoms with Crippen molar-refractivity contribution in [3.8, 4) is 0 Å².